The number of benzene rings is 2. The van der Waals surface area contributed by atoms with Crippen molar-refractivity contribution in [2.45, 2.75) is 0 Å². The normalized spacial score (nSPS) is 11.9. The molecule has 0 amide bonds. The lowest BCUT2D eigenvalue weighted by molar-refractivity contribution is 1.17. The maximum atomic E-state index is 4.70. The molecule has 0 fully saturated rings. The summed E-state index contributed by atoms with van der Waals surface area (Å²) < 4.78 is 0. The molecule has 168 valence electrons. The zero-order chi connectivity index (χ0) is 23.6. The third-order valence-corrected chi connectivity index (χ3v) is 6.52. The van der Waals surface area contributed by atoms with Gasteiger partial charge in [-0.2, -0.15) is 0 Å². The molecule has 0 radical (unpaired) electrons. The molecular weight excluding hydrogens is 450 g/mol. The van der Waals surface area contributed by atoms with Crippen molar-refractivity contribution >= 4 is 43.9 Å². The van der Waals surface area contributed by atoms with Gasteiger partial charge in [0, 0.05) is 46.7 Å². The number of hydrogen-bond acceptors (Lipinski definition) is 7. The monoisotopic (exact) mass is 465 g/mol. The van der Waals surface area contributed by atoms with Gasteiger partial charge in [-0.3, -0.25) is 24.9 Å². The maximum Gasteiger partial charge on any atom is 0.177 e. The number of hydrogen-bond donors (Lipinski definition) is 2. The number of nitrogens with one attached hydrogen (secondary N) is 2. The van der Waals surface area contributed by atoms with Gasteiger partial charge in [-0.25, -0.2) is 9.97 Å². The van der Waals surface area contributed by atoms with Crippen molar-refractivity contribution in [3.63, 3.8) is 0 Å². The molecule has 0 aliphatic carbocycles. The van der Waals surface area contributed by atoms with Gasteiger partial charge in [-0.15, -0.1) is 0 Å². The number of nitrogens with zero attached hydrogens (tertiary/aromatic N) is 7. The third-order valence-electron chi connectivity index (χ3n) is 6.52. The molecular formula is C27H15N9. The van der Waals surface area contributed by atoms with E-state index >= 15 is 0 Å². The van der Waals surface area contributed by atoms with E-state index in [0.29, 0.717) is 11.5 Å². The standard InChI is InChI=1S/C27H15N9/c1-3-18-25(23-14(1)5-7-28-23)31-12-21(35-18)17-9-30-20-11-34-27(33-10-16(17)20)22-13-32-26-19(36-22)4-2-15-6-8-29-24(15)26/h1-13,35-36H. The van der Waals surface area contributed by atoms with E-state index < -0.39 is 0 Å². The fraction of sp³-hybridized carbons (Fsp3) is 0. The zero-order valence-electron chi connectivity index (χ0n) is 18.6. The molecule has 0 bridgehead atoms. The molecule has 6 heterocycles. The SMILES string of the molecule is c1cc2ccc3[nH]c(-c4ncc5ncc(-c6cnc7c(ccc8ccnc87)[nH]6)c-5cn4)cnc3c2n1. The Labute approximate surface area is 202 Å². The summed E-state index contributed by atoms with van der Waals surface area (Å²) in [5.41, 5.74) is 9.25. The van der Waals surface area contributed by atoms with Gasteiger partial charge < -0.3 is 9.97 Å². The highest BCUT2D eigenvalue weighted by Crippen LogP contribution is 2.33. The highest BCUT2D eigenvalue weighted by atomic mass is 14.9. The van der Waals surface area contributed by atoms with Crippen molar-refractivity contribution in [1.82, 2.24) is 44.9 Å². The number of H-pyrrole nitrogens is 2. The molecule has 0 spiro atoms. The van der Waals surface area contributed by atoms with Crippen molar-refractivity contribution in [3.05, 3.63) is 79.8 Å². The summed E-state index contributed by atoms with van der Waals surface area (Å²) >= 11 is 0. The highest BCUT2D eigenvalue weighted by molar-refractivity contribution is 6.03. The van der Waals surface area contributed by atoms with Crippen LogP contribution in [0.4, 0.5) is 0 Å². The average Bonchev–Trinajstić information content (AvgIpc) is 3.65. The molecule has 2 aromatic carbocycles. The first-order valence-corrected chi connectivity index (χ1v) is 11.4. The van der Waals surface area contributed by atoms with Crippen LogP contribution in [-0.2, 0) is 0 Å². The van der Waals surface area contributed by atoms with E-state index in [1.807, 2.05) is 48.8 Å². The van der Waals surface area contributed by atoms with Crippen LogP contribution in [0.1, 0.15) is 0 Å². The summed E-state index contributed by atoms with van der Waals surface area (Å²) in [6.45, 7) is 0. The lowest BCUT2D eigenvalue weighted by Crippen LogP contribution is -1.92. The average molecular weight is 465 g/mol. The van der Waals surface area contributed by atoms with Crippen molar-refractivity contribution in [3.8, 4) is 34.0 Å². The minimum Gasteiger partial charge on any atom is -0.352 e. The van der Waals surface area contributed by atoms with Gasteiger partial charge in [0.1, 0.15) is 16.7 Å². The minimum atomic E-state index is 0.522. The number of rotatable bonds is 2. The molecule has 4 aromatic heterocycles. The van der Waals surface area contributed by atoms with E-state index in [1.165, 1.54) is 0 Å². The second-order valence-electron chi connectivity index (χ2n) is 8.59. The fourth-order valence-electron chi connectivity index (χ4n) is 4.73. The van der Waals surface area contributed by atoms with Crippen molar-refractivity contribution in [2.24, 2.45) is 0 Å². The third kappa shape index (κ3) is 2.73. The summed E-state index contributed by atoms with van der Waals surface area (Å²) in [5.74, 6) is 0.522. The van der Waals surface area contributed by atoms with Crippen LogP contribution < -0.4 is 0 Å². The quantitative estimate of drug-likeness (QED) is 0.362. The minimum absolute atomic E-state index is 0.522. The summed E-state index contributed by atoms with van der Waals surface area (Å²) in [7, 11) is 0. The number of aromatic amines is 2. The van der Waals surface area contributed by atoms with Crippen molar-refractivity contribution in [2.75, 3.05) is 0 Å². The summed E-state index contributed by atoms with van der Waals surface area (Å²) in [6, 6.07) is 12.0. The van der Waals surface area contributed by atoms with Gasteiger partial charge in [0.2, 0.25) is 0 Å². The van der Waals surface area contributed by atoms with Gasteiger partial charge in [-0.05, 0) is 24.3 Å². The van der Waals surface area contributed by atoms with Crippen LogP contribution in [0.5, 0.6) is 0 Å². The zero-order valence-corrected chi connectivity index (χ0v) is 18.6. The Bertz CT molecular complexity index is 2070. The first-order chi connectivity index (χ1) is 17.8. The number of fused-ring (bicyclic) bond motifs is 7. The Hall–Kier alpha value is -5.31. The number of aromatic nitrogens is 9. The van der Waals surface area contributed by atoms with Gasteiger partial charge in [-0.1, -0.05) is 12.1 Å². The Morgan fingerprint density at radius 1 is 0.444 bits per heavy atom. The Kier molecular flexibility index (Phi) is 3.75. The fourth-order valence-corrected chi connectivity index (χ4v) is 4.73. The molecule has 2 N–H and O–H groups in total. The second kappa shape index (κ2) is 7.09. The van der Waals surface area contributed by atoms with Crippen LogP contribution in [0.25, 0.3) is 77.9 Å². The highest BCUT2D eigenvalue weighted by Gasteiger charge is 2.16. The van der Waals surface area contributed by atoms with Gasteiger partial charge in [0.15, 0.2) is 5.82 Å². The predicted octanol–water partition coefficient (Wildman–Crippen LogP) is 5.16. The van der Waals surface area contributed by atoms with E-state index in [9.17, 15) is 0 Å². The van der Waals surface area contributed by atoms with Gasteiger partial charge in [0.05, 0.1) is 52.0 Å². The van der Waals surface area contributed by atoms with E-state index in [0.717, 1.165) is 66.4 Å². The van der Waals surface area contributed by atoms with Crippen LogP contribution in [0.3, 0.4) is 0 Å². The van der Waals surface area contributed by atoms with E-state index in [1.54, 1.807) is 31.0 Å². The molecule has 2 aliphatic heterocycles. The van der Waals surface area contributed by atoms with Crippen LogP contribution in [0, 0.1) is 0 Å². The van der Waals surface area contributed by atoms with Crippen LogP contribution in [0.15, 0.2) is 79.8 Å². The molecule has 0 atom stereocenters. The predicted molar refractivity (Wildman–Crippen MR) is 137 cm³/mol. The maximum absolute atomic E-state index is 4.70. The molecule has 2 aliphatic rings. The topological polar surface area (TPSA) is 122 Å². The van der Waals surface area contributed by atoms with Crippen molar-refractivity contribution < 1.29 is 0 Å². The van der Waals surface area contributed by atoms with E-state index in [2.05, 4.69) is 39.9 Å². The first-order valence-electron chi connectivity index (χ1n) is 11.4. The van der Waals surface area contributed by atoms with E-state index in [4.69, 9.17) is 4.98 Å². The lowest BCUT2D eigenvalue weighted by Gasteiger charge is -2.04. The molecule has 8 rings (SSSR count). The Balaban J connectivity index is 1.23. The molecule has 0 unspecified atom stereocenters. The summed E-state index contributed by atoms with van der Waals surface area (Å²) in [5, 5.41) is 2.13. The molecule has 9 heteroatoms. The molecule has 0 saturated carbocycles. The first kappa shape index (κ1) is 19.0. The smallest absolute Gasteiger partial charge is 0.177 e. The summed E-state index contributed by atoms with van der Waals surface area (Å²) in [4.78, 5) is 38.9. The van der Waals surface area contributed by atoms with E-state index in [-0.39, 0.29) is 0 Å². The molecule has 0 saturated heterocycles. The van der Waals surface area contributed by atoms with Crippen LogP contribution in [-0.4, -0.2) is 44.9 Å². The van der Waals surface area contributed by atoms with Crippen LogP contribution >= 0.6 is 0 Å². The molecule has 6 aromatic rings. The Morgan fingerprint density at radius 2 is 1.06 bits per heavy atom. The summed E-state index contributed by atoms with van der Waals surface area (Å²) in [6.07, 6.45) is 12.5. The second-order valence-corrected chi connectivity index (χ2v) is 8.59. The van der Waals surface area contributed by atoms with Crippen molar-refractivity contribution in [1.29, 1.82) is 0 Å². The molecule has 9 nitrogen and oxygen atoms in total. The Morgan fingerprint density at radius 3 is 1.78 bits per heavy atom. The largest absolute Gasteiger partial charge is 0.352 e. The lowest BCUT2D eigenvalue weighted by atomic mass is 10.1. The van der Waals surface area contributed by atoms with Gasteiger partial charge in [0.25, 0.3) is 0 Å². The molecule has 36 heavy (non-hydrogen) atoms. The van der Waals surface area contributed by atoms with Gasteiger partial charge >= 0.3 is 0 Å². The van der Waals surface area contributed by atoms with Crippen LogP contribution in [0.2, 0.25) is 0 Å².